The van der Waals surface area contributed by atoms with E-state index in [1.54, 1.807) is 11.8 Å². The summed E-state index contributed by atoms with van der Waals surface area (Å²) in [7, 11) is 0. The van der Waals surface area contributed by atoms with Gasteiger partial charge in [0.15, 0.2) is 0 Å². The van der Waals surface area contributed by atoms with Crippen LogP contribution in [0.1, 0.15) is 17.0 Å². The van der Waals surface area contributed by atoms with E-state index in [0.717, 1.165) is 22.8 Å². The summed E-state index contributed by atoms with van der Waals surface area (Å²) in [4.78, 5) is 4.37. The van der Waals surface area contributed by atoms with E-state index in [4.69, 9.17) is 5.73 Å². The molecular weight excluding hydrogens is 232 g/mol. The number of nitrogen functional groups attached to an aromatic ring is 1. The highest BCUT2D eigenvalue weighted by Gasteiger charge is 2.02. The maximum absolute atomic E-state index is 5.63. The second-order valence-electron chi connectivity index (χ2n) is 3.80. The maximum atomic E-state index is 5.63. The molecule has 2 rings (SSSR count). The van der Waals surface area contributed by atoms with Crippen LogP contribution in [0, 0.1) is 13.8 Å². The van der Waals surface area contributed by atoms with Crippen LogP contribution in [0.2, 0.25) is 0 Å². The molecule has 0 bridgehead atoms. The average molecular weight is 246 g/mol. The number of aromatic nitrogens is 3. The van der Waals surface area contributed by atoms with Crippen LogP contribution >= 0.6 is 11.8 Å². The standard InChI is InChI=1S/C12H14N4S/c1-8-9(2)15-16-12(14-8)17-7-10-3-5-11(13)6-4-10/h3-6H,7,13H2,1-2H3. The Hall–Kier alpha value is -1.62. The molecule has 0 atom stereocenters. The third kappa shape index (κ3) is 3.17. The van der Waals surface area contributed by atoms with Crippen molar-refractivity contribution in [3.05, 3.63) is 41.2 Å². The predicted molar refractivity (Wildman–Crippen MR) is 69.7 cm³/mol. The van der Waals surface area contributed by atoms with Gasteiger partial charge < -0.3 is 5.73 Å². The molecule has 0 saturated carbocycles. The Morgan fingerprint density at radius 2 is 1.76 bits per heavy atom. The highest BCUT2D eigenvalue weighted by molar-refractivity contribution is 7.98. The van der Waals surface area contributed by atoms with Crippen molar-refractivity contribution in [3.63, 3.8) is 0 Å². The third-order valence-electron chi connectivity index (χ3n) is 2.42. The van der Waals surface area contributed by atoms with E-state index in [1.807, 2.05) is 38.1 Å². The number of aryl methyl sites for hydroxylation is 2. The molecule has 0 amide bonds. The van der Waals surface area contributed by atoms with Gasteiger partial charge in [-0.2, -0.15) is 5.10 Å². The number of nitrogens with two attached hydrogens (primary N) is 1. The molecule has 1 heterocycles. The summed E-state index contributed by atoms with van der Waals surface area (Å²) >= 11 is 1.58. The summed E-state index contributed by atoms with van der Waals surface area (Å²) in [5.41, 5.74) is 9.42. The van der Waals surface area contributed by atoms with E-state index >= 15 is 0 Å². The molecule has 0 unspecified atom stereocenters. The van der Waals surface area contributed by atoms with Crippen molar-refractivity contribution in [2.75, 3.05) is 5.73 Å². The summed E-state index contributed by atoms with van der Waals surface area (Å²) in [6.45, 7) is 3.85. The Bertz CT molecular complexity index is 510. The number of rotatable bonds is 3. The van der Waals surface area contributed by atoms with E-state index in [1.165, 1.54) is 5.56 Å². The molecule has 0 aliphatic rings. The van der Waals surface area contributed by atoms with Gasteiger partial charge in [-0.05, 0) is 31.5 Å². The first-order chi connectivity index (χ1) is 8.15. The molecule has 1 aromatic heterocycles. The normalized spacial score (nSPS) is 10.5. The van der Waals surface area contributed by atoms with Crippen LogP contribution < -0.4 is 5.73 Å². The molecule has 0 aliphatic carbocycles. The van der Waals surface area contributed by atoms with Crippen LogP contribution in [0.15, 0.2) is 29.4 Å². The van der Waals surface area contributed by atoms with E-state index in [-0.39, 0.29) is 0 Å². The molecule has 0 saturated heterocycles. The molecule has 5 heteroatoms. The Labute approximate surface area is 105 Å². The van der Waals surface area contributed by atoms with Crippen molar-refractivity contribution in [1.29, 1.82) is 0 Å². The van der Waals surface area contributed by atoms with Gasteiger partial charge in [0.2, 0.25) is 5.16 Å². The lowest BCUT2D eigenvalue weighted by atomic mass is 10.2. The summed E-state index contributed by atoms with van der Waals surface area (Å²) in [6, 6.07) is 7.82. The van der Waals surface area contributed by atoms with Crippen LogP contribution in [0.3, 0.4) is 0 Å². The second-order valence-corrected chi connectivity index (χ2v) is 4.74. The van der Waals surface area contributed by atoms with Crippen molar-refractivity contribution in [2.45, 2.75) is 24.8 Å². The Morgan fingerprint density at radius 1 is 1.06 bits per heavy atom. The van der Waals surface area contributed by atoms with Gasteiger partial charge in [-0.15, -0.1) is 5.10 Å². The third-order valence-corrected chi connectivity index (χ3v) is 3.33. The summed E-state index contributed by atoms with van der Waals surface area (Å²) in [6.07, 6.45) is 0. The van der Waals surface area contributed by atoms with Crippen molar-refractivity contribution < 1.29 is 0 Å². The average Bonchev–Trinajstić information content (AvgIpc) is 2.33. The first-order valence-corrected chi connectivity index (χ1v) is 6.29. The van der Waals surface area contributed by atoms with Gasteiger partial charge in [0, 0.05) is 11.4 Å². The SMILES string of the molecule is Cc1nnc(SCc2ccc(N)cc2)nc1C. The van der Waals surface area contributed by atoms with Gasteiger partial charge in [0.1, 0.15) is 0 Å². The molecule has 0 radical (unpaired) electrons. The van der Waals surface area contributed by atoms with Gasteiger partial charge in [-0.25, -0.2) is 4.98 Å². The zero-order valence-corrected chi connectivity index (χ0v) is 10.7. The topological polar surface area (TPSA) is 64.7 Å². The highest BCUT2D eigenvalue weighted by atomic mass is 32.2. The molecule has 1 aromatic carbocycles. The van der Waals surface area contributed by atoms with Crippen molar-refractivity contribution in [2.24, 2.45) is 0 Å². The van der Waals surface area contributed by atoms with Crippen LogP contribution in [0.4, 0.5) is 5.69 Å². The van der Waals surface area contributed by atoms with Crippen LogP contribution in [0.25, 0.3) is 0 Å². The number of benzene rings is 1. The Morgan fingerprint density at radius 3 is 2.41 bits per heavy atom. The van der Waals surface area contributed by atoms with Crippen LogP contribution in [-0.4, -0.2) is 15.2 Å². The Kier molecular flexibility index (Phi) is 3.58. The van der Waals surface area contributed by atoms with Gasteiger partial charge in [-0.1, -0.05) is 23.9 Å². The van der Waals surface area contributed by atoms with E-state index in [9.17, 15) is 0 Å². The fraction of sp³-hybridized carbons (Fsp3) is 0.250. The molecule has 0 spiro atoms. The molecule has 88 valence electrons. The molecule has 0 fully saturated rings. The number of hydrogen-bond donors (Lipinski definition) is 1. The van der Waals surface area contributed by atoms with Crippen molar-refractivity contribution in [3.8, 4) is 0 Å². The van der Waals surface area contributed by atoms with E-state index < -0.39 is 0 Å². The quantitative estimate of drug-likeness (QED) is 0.665. The molecule has 2 N–H and O–H groups in total. The highest BCUT2D eigenvalue weighted by Crippen LogP contribution is 2.19. The lowest BCUT2D eigenvalue weighted by molar-refractivity contribution is 0.789. The zero-order valence-electron chi connectivity index (χ0n) is 9.84. The summed E-state index contributed by atoms with van der Waals surface area (Å²) in [5.74, 6) is 0.824. The lowest BCUT2D eigenvalue weighted by Gasteiger charge is -2.02. The van der Waals surface area contributed by atoms with Crippen LogP contribution in [0.5, 0.6) is 0 Å². The Balaban J connectivity index is 2.02. The second kappa shape index (κ2) is 5.14. The zero-order chi connectivity index (χ0) is 12.3. The molecule has 0 aliphatic heterocycles. The fourth-order valence-corrected chi connectivity index (χ4v) is 2.05. The van der Waals surface area contributed by atoms with Crippen LogP contribution in [-0.2, 0) is 5.75 Å². The lowest BCUT2D eigenvalue weighted by Crippen LogP contribution is -1.97. The molecule has 2 aromatic rings. The van der Waals surface area contributed by atoms with Gasteiger partial charge in [-0.3, -0.25) is 0 Å². The first kappa shape index (κ1) is 11.9. The minimum absolute atomic E-state index is 0.713. The number of thioether (sulfide) groups is 1. The largest absolute Gasteiger partial charge is 0.399 e. The number of nitrogens with zero attached hydrogens (tertiary/aromatic N) is 3. The minimum atomic E-state index is 0.713. The minimum Gasteiger partial charge on any atom is -0.399 e. The van der Waals surface area contributed by atoms with Crippen molar-refractivity contribution in [1.82, 2.24) is 15.2 Å². The maximum Gasteiger partial charge on any atom is 0.209 e. The molecule has 17 heavy (non-hydrogen) atoms. The van der Waals surface area contributed by atoms with E-state index in [2.05, 4.69) is 15.2 Å². The van der Waals surface area contributed by atoms with Gasteiger partial charge in [0.25, 0.3) is 0 Å². The monoisotopic (exact) mass is 246 g/mol. The first-order valence-electron chi connectivity index (χ1n) is 5.30. The van der Waals surface area contributed by atoms with Gasteiger partial charge in [0.05, 0.1) is 11.4 Å². The predicted octanol–water partition coefficient (Wildman–Crippen LogP) is 2.36. The fourth-order valence-electron chi connectivity index (χ4n) is 1.26. The smallest absolute Gasteiger partial charge is 0.209 e. The number of hydrogen-bond acceptors (Lipinski definition) is 5. The van der Waals surface area contributed by atoms with Gasteiger partial charge >= 0.3 is 0 Å². The molecule has 4 nitrogen and oxygen atoms in total. The number of anilines is 1. The molecular formula is C12H14N4S. The van der Waals surface area contributed by atoms with E-state index in [0.29, 0.717) is 5.16 Å². The summed E-state index contributed by atoms with van der Waals surface area (Å²) in [5, 5.41) is 8.81. The summed E-state index contributed by atoms with van der Waals surface area (Å²) < 4.78 is 0. The van der Waals surface area contributed by atoms with Crippen molar-refractivity contribution >= 4 is 17.4 Å².